The van der Waals surface area contributed by atoms with Crippen LogP contribution in [-0.4, -0.2) is 31.3 Å². The quantitative estimate of drug-likeness (QED) is 0.489. The predicted molar refractivity (Wildman–Crippen MR) is 96.5 cm³/mol. The van der Waals surface area contributed by atoms with Crippen LogP contribution in [0.5, 0.6) is 0 Å². The van der Waals surface area contributed by atoms with Crippen LogP contribution in [0.4, 0.5) is 5.82 Å². The highest BCUT2D eigenvalue weighted by atomic mass is 35.5. The number of nitrogens with one attached hydrogen (secondary N) is 1. The molecule has 2 heterocycles. The Balaban J connectivity index is 1.76. The summed E-state index contributed by atoms with van der Waals surface area (Å²) in [7, 11) is 1.35. The summed E-state index contributed by atoms with van der Waals surface area (Å²) in [6.45, 7) is 0. The lowest BCUT2D eigenvalue weighted by Crippen LogP contribution is -2.35. The molecule has 0 bridgehead atoms. The molecule has 3 N–H and O–H groups in total. The molecule has 0 aliphatic heterocycles. The standard InChI is InChI=1S/C15H12ClN5O4S/c1-21-11(17)10(12(23)18-14(21)24)9(22)6-26-15-20-19-13(25-15)7-3-2-4-8(16)5-7/h2-5H,6,17H2,1H3,(H,18,23,24). The maximum absolute atomic E-state index is 12.3. The number of nitrogen functional groups attached to an aromatic ring is 1. The first kappa shape index (κ1) is 18.0. The van der Waals surface area contributed by atoms with Gasteiger partial charge in [0.05, 0.1) is 5.75 Å². The van der Waals surface area contributed by atoms with E-state index in [9.17, 15) is 14.4 Å². The lowest BCUT2D eigenvalue weighted by Gasteiger charge is -2.06. The number of carbonyl (C=O) groups is 1. The van der Waals surface area contributed by atoms with Gasteiger partial charge in [-0.05, 0) is 18.2 Å². The van der Waals surface area contributed by atoms with E-state index in [2.05, 4.69) is 10.2 Å². The average molecular weight is 394 g/mol. The van der Waals surface area contributed by atoms with E-state index in [1.165, 1.54) is 7.05 Å². The van der Waals surface area contributed by atoms with E-state index >= 15 is 0 Å². The molecular formula is C15H12ClN5O4S. The summed E-state index contributed by atoms with van der Waals surface area (Å²) in [4.78, 5) is 37.6. The molecule has 26 heavy (non-hydrogen) atoms. The van der Waals surface area contributed by atoms with Crippen molar-refractivity contribution >= 4 is 35.0 Å². The van der Waals surface area contributed by atoms with E-state index in [0.29, 0.717) is 10.6 Å². The van der Waals surface area contributed by atoms with Gasteiger partial charge in [-0.2, -0.15) is 0 Å². The van der Waals surface area contributed by atoms with Crippen molar-refractivity contribution in [2.75, 3.05) is 11.5 Å². The highest BCUT2D eigenvalue weighted by Crippen LogP contribution is 2.25. The summed E-state index contributed by atoms with van der Waals surface area (Å²) in [6, 6.07) is 6.88. The number of halogens is 1. The molecule has 0 amide bonds. The normalized spacial score (nSPS) is 10.8. The third kappa shape index (κ3) is 3.55. The number of anilines is 1. The molecule has 0 aliphatic carbocycles. The van der Waals surface area contributed by atoms with Gasteiger partial charge in [0.2, 0.25) is 5.89 Å². The summed E-state index contributed by atoms with van der Waals surface area (Å²) < 4.78 is 6.46. The number of aromatic nitrogens is 4. The minimum absolute atomic E-state index is 0.146. The van der Waals surface area contributed by atoms with Crippen molar-refractivity contribution < 1.29 is 9.21 Å². The summed E-state index contributed by atoms with van der Waals surface area (Å²) in [5, 5.41) is 8.41. The molecule has 1 aromatic carbocycles. The molecule has 134 valence electrons. The fraction of sp³-hybridized carbons (Fsp3) is 0.133. The van der Waals surface area contributed by atoms with Crippen molar-refractivity contribution in [3.8, 4) is 11.5 Å². The number of benzene rings is 1. The number of nitrogens with zero attached hydrogens (tertiary/aromatic N) is 3. The maximum Gasteiger partial charge on any atom is 0.329 e. The summed E-state index contributed by atoms with van der Waals surface area (Å²) in [6.07, 6.45) is 0. The fourth-order valence-corrected chi connectivity index (χ4v) is 2.94. The molecule has 2 aromatic heterocycles. The third-order valence-corrected chi connectivity index (χ3v) is 4.51. The van der Waals surface area contributed by atoms with Crippen LogP contribution >= 0.6 is 23.4 Å². The summed E-state index contributed by atoms with van der Waals surface area (Å²) in [5.74, 6) is -0.675. The number of carbonyl (C=O) groups excluding carboxylic acids is 1. The minimum Gasteiger partial charge on any atom is -0.411 e. The SMILES string of the molecule is Cn1c(N)c(C(=O)CSc2nnc(-c3cccc(Cl)c3)o2)c(=O)[nH]c1=O. The van der Waals surface area contributed by atoms with Crippen molar-refractivity contribution in [3.63, 3.8) is 0 Å². The smallest absolute Gasteiger partial charge is 0.329 e. The zero-order valence-corrected chi connectivity index (χ0v) is 14.9. The van der Waals surface area contributed by atoms with E-state index in [-0.39, 0.29) is 28.2 Å². The lowest BCUT2D eigenvalue weighted by molar-refractivity contribution is 0.102. The Morgan fingerprint density at radius 2 is 2.15 bits per heavy atom. The van der Waals surface area contributed by atoms with E-state index in [1.54, 1.807) is 24.3 Å². The molecule has 0 atom stereocenters. The molecule has 0 spiro atoms. The van der Waals surface area contributed by atoms with Gasteiger partial charge < -0.3 is 10.2 Å². The minimum atomic E-state index is -0.832. The van der Waals surface area contributed by atoms with E-state index < -0.39 is 17.0 Å². The van der Waals surface area contributed by atoms with E-state index in [1.807, 2.05) is 4.98 Å². The molecule has 0 radical (unpaired) electrons. The Kier molecular flexibility index (Phi) is 4.96. The zero-order valence-electron chi connectivity index (χ0n) is 13.4. The lowest BCUT2D eigenvalue weighted by atomic mass is 10.2. The Bertz CT molecular complexity index is 1100. The number of thioether (sulfide) groups is 1. The van der Waals surface area contributed by atoms with Crippen LogP contribution in [0.2, 0.25) is 5.02 Å². The Hall–Kier alpha value is -2.85. The topological polar surface area (TPSA) is 137 Å². The molecule has 0 saturated carbocycles. The molecular weight excluding hydrogens is 382 g/mol. The Labute approximate surface area is 155 Å². The van der Waals surface area contributed by atoms with Crippen LogP contribution in [0.15, 0.2) is 43.5 Å². The van der Waals surface area contributed by atoms with Crippen molar-refractivity contribution in [1.82, 2.24) is 19.7 Å². The molecule has 3 aromatic rings. The second kappa shape index (κ2) is 7.18. The third-order valence-electron chi connectivity index (χ3n) is 3.45. The molecule has 0 aliphatic rings. The van der Waals surface area contributed by atoms with Crippen molar-refractivity contribution in [2.45, 2.75) is 5.22 Å². The van der Waals surface area contributed by atoms with Gasteiger partial charge in [-0.15, -0.1) is 10.2 Å². The monoisotopic (exact) mass is 393 g/mol. The number of hydrogen-bond acceptors (Lipinski definition) is 8. The molecule has 0 saturated heterocycles. The van der Waals surface area contributed by atoms with Crippen molar-refractivity contribution in [1.29, 1.82) is 0 Å². The van der Waals surface area contributed by atoms with E-state index in [4.69, 9.17) is 21.8 Å². The van der Waals surface area contributed by atoms with Gasteiger partial charge in [-0.3, -0.25) is 19.1 Å². The first-order valence-corrected chi connectivity index (χ1v) is 8.57. The van der Waals surface area contributed by atoms with Crippen molar-refractivity contribution in [2.24, 2.45) is 7.05 Å². The number of rotatable bonds is 5. The highest BCUT2D eigenvalue weighted by Gasteiger charge is 2.19. The van der Waals surface area contributed by atoms with Crippen LogP contribution in [-0.2, 0) is 7.05 Å². The Morgan fingerprint density at radius 3 is 2.88 bits per heavy atom. The molecule has 0 fully saturated rings. The van der Waals surface area contributed by atoms with Gasteiger partial charge in [0.1, 0.15) is 11.4 Å². The zero-order chi connectivity index (χ0) is 18.8. The fourth-order valence-electron chi connectivity index (χ4n) is 2.11. The number of hydrogen-bond donors (Lipinski definition) is 2. The van der Waals surface area contributed by atoms with Gasteiger partial charge in [0.25, 0.3) is 10.8 Å². The number of H-pyrrole nitrogens is 1. The maximum atomic E-state index is 12.3. The number of Topliss-reactive ketones (excluding diaryl/α,β-unsaturated/α-hetero) is 1. The first-order valence-electron chi connectivity index (χ1n) is 7.21. The van der Waals surface area contributed by atoms with Gasteiger partial charge in [0, 0.05) is 17.6 Å². The van der Waals surface area contributed by atoms with Gasteiger partial charge in [0.15, 0.2) is 5.78 Å². The second-order valence-electron chi connectivity index (χ2n) is 5.17. The summed E-state index contributed by atoms with van der Waals surface area (Å²) >= 11 is 6.87. The van der Waals surface area contributed by atoms with Gasteiger partial charge in [-0.1, -0.05) is 29.4 Å². The van der Waals surface area contributed by atoms with Crippen LogP contribution in [0.1, 0.15) is 10.4 Å². The average Bonchev–Trinajstić information content (AvgIpc) is 3.07. The van der Waals surface area contributed by atoms with Crippen LogP contribution in [0.3, 0.4) is 0 Å². The molecule has 11 heteroatoms. The summed E-state index contributed by atoms with van der Waals surface area (Å²) in [5.41, 5.74) is 4.53. The molecule has 3 rings (SSSR count). The largest absolute Gasteiger partial charge is 0.411 e. The number of ketones is 1. The Morgan fingerprint density at radius 1 is 1.38 bits per heavy atom. The van der Waals surface area contributed by atoms with Gasteiger partial charge in [-0.25, -0.2) is 4.79 Å². The number of aromatic amines is 1. The van der Waals surface area contributed by atoms with Crippen molar-refractivity contribution in [3.05, 3.63) is 55.7 Å². The van der Waals surface area contributed by atoms with Crippen LogP contribution < -0.4 is 17.0 Å². The number of nitrogens with two attached hydrogens (primary N) is 1. The van der Waals surface area contributed by atoms with Crippen LogP contribution in [0.25, 0.3) is 11.5 Å². The highest BCUT2D eigenvalue weighted by molar-refractivity contribution is 7.99. The van der Waals surface area contributed by atoms with E-state index in [0.717, 1.165) is 16.3 Å². The van der Waals surface area contributed by atoms with Gasteiger partial charge >= 0.3 is 5.69 Å². The molecule has 0 unspecified atom stereocenters. The predicted octanol–water partition coefficient (Wildman–Crippen LogP) is 1.33. The second-order valence-corrected chi connectivity index (χ2v) is 6.54. The molecule has 9 nitrogen and oxygen atoms in total. The van der Waals surface area contributed by atoms with Crippen LogP contribution in [0, 0.1) is 0 Å². The first-order chi connectivity index (χ1) is 12.4.